The molecule has 0 fully saturated rings. The molecule has 1 rings (SSSR count). The van der Waals surface area contributed by atoms with Gasteiger partial charge in [0, 0.05) is 30.6 Å². The molecule has 0 N–H and O–H groups in total. The first-order chi connectivity index (χ1) is 8.82. The van der Waals surface area contributed by atoms with Crippen LogP contribution in [0.3, 0.4) is 0 Å². The van der Waals surface area contributed by atoms with E-state index in [0.717, 1.165) is 31.0 Å². The highest BCUT2D eigenvalue weighted by Crippen LogP contribution is 2.17. The maximum atomic E-state index is 11.9. The highest BCUT2D eigenvalue weighted by Gasteiger charge is 2.21. The minimum Gasteiger partial charge on any atom is -0.299 e. The van der Waals surface area contributed by atoms with Gasteiger partial charge in [-0.15, -0.1) is 0 Å². The Morgan fingerprint density at radius 3 is 2.53 bits per heavy atom. The second-order valence-corrected chi connectivity index (χ2v) is 6.06. The maximum Gasteiger partial charge on any atom is 0.139 e. The van der Waals surface area contributed by atoms with Crippen molar-refractivity contribution in [3.63, 3.8) is 0 Å². The second kappa shape index (κ2) is 6.80. The van der Waals surface area contributed by atoms with Crippen LogP contribution >= 0.6 is 0 Å². The van der Waals surface area contributed by atoms with E-state index >= 15 is 0 Å². The van der Waals surface area contributed by atoms with E-state index in [9.17, 15) is 4.79 Å². The van der Waals surface area contributed by atoms with Crippen molar-refractivity contribution >= 4 is 5.78 Å². The van der Waals surface area contributed by atoms with Gasteiger partial charge in [-0.2, -0.15) is 0 Å². The summed E-state index contributed by atoms with van der Waals surface area (Å²) in [5, 5.41) is 0. The van der Waals surface area contributed by atoms with E-state index in [1.54, 1.807) is 0 Å². The molecule has 0 saturated carbocycles. The van der Waals surface area contributed by atoms with Crippen LogP contribution in [-0.2, 0) is 11.3 Å². The van der Waals surface area contributed by atoms with Gasteiger partial charge in [0.2, 0.25) is 0 Å². The number of aryl methyl sites for hydroxylation is 1. The van der Waals surface area contributed by atoms with Gasteiger partial charge in [0.25, 0.3) is 0 Å². The number of ketones is 1. The van der Waals surface area contributed by atoms with Gasteiger partial charge >= 0.3 is 0 Å². The molecule has 0 bridgehead atoms. The van der Waals surface area contributed by atoms with Crippen LogP contribution in [0.25, 0.3) is 0 Å². The zero-order chi connectivity index (χ0) is 14.5. The predicted molar refractivity (Wildman–Crippen MR) is 79.0 cm³/mol. The van der Waals surface area contributed by atoms with E-state index in [0.29, 0.717) is 12.2 Å². The van der Waals surface area contributed by atoms with E-state index in [4.69, 9.17) is 0 Å². The second-order valence-electron chi connectivity index (χ2n) is 6.06. The van der Waals surface area contributed by atoms with E-state index in [1.165, 1.54) is 0 Å². The molecule has 0 atom stereocenters. The van der Waals surface area contributed by atoms with Crippen molar-refractivity contribution in [3.05, 3.63) is 29.6 Å². The van der Waals surface area contributed by atoms with Crippen LogP contribution in [0.5, 0.6) is 0 Å². The van der Waals surface area contributed by atoms with Crippen LogP contribution < -0.4 is 0 Å². The summed E-state index contributed by atoms with van der Waals surface area (Å²) in [6.45, 7) is 12.6. The molecule has 0 aliphatic rings. The third-order valence-electron chi connectivity index (χ3n) is 3.27. The van der Waals surface area contributed by atoms with Gasteiger partial charge in [-0.25, -0.2) is 0 Å². The third kappa shape index (κ3) is 5.52. The molecule has 3 nitrogen and oxygen atoms in total. The Bertz CT molecular complexity index is 421. The van der Waals surface area contributed by atoms with E-state index in [1.807, 2.05) is 45.9 Å². The van der Waals surface area contributed by atoms with Gasteiger partial charge in [0.15, 0.2) is 0 Å². The topological polar surface area (TPSA) is 33.2 Å². The number of rotatable bonds is 6. The molecule has 106 valence electrons. The molecule has 0 aliphatic heterocycles. The summed E-state index contributed by atoms with van der Waals surface area (Å²) in [4.78, 5) is 18.7. The average Bonchev–Trinajstić information content (AvgIpc) is 2.32. The molecule has 1 heterocycles. The smallest absolute Gasteiger partial charge is 0.139 e. The number of nitrogens with zero attached hydrogens (tertiary/aromatic N) is 2. The predicted octanol–water partition coefficient (Wildman–Crippen LogP) is 3.22. The Labute approximate surface area is 117 Å². The lowest BCUT2D eigenvalue weighted by atomic mass is 9.89. The van der Waals surface area contributed by atoms with Crippen molar-refractivity contribution in [2.45, 2.75) is 47.6 Å². The van der Waals surface area contributed by atoms with Crippen LogP contribution in [0.2, 0.25) is 0 Å². The van der Waals surface area contributed by atoms with Gasteiger partial charge in [0.05, 0.1) is 5.69 Å². The summed E-state index contributed by atoms with van der Waals surface area (Å²) in [6.07, 6.45) is 0.614. The number of hydrogen-bond acceptors (Lipinski definition) is 3. The number of Topliss-reactive ketones (excluding diaryl/α,β-unsaturated/α-hetero) is 1. The Morgan fingerprint density at radius 1 is 1.32 bits per heavy atom. The van der Waals surface area contributed by atoms with Crippen LogP contribution in [0.15, 0.2) is 18.2 Å². The van der Waals surface area contributed by atoms with E-state index < -0.39 is 0 Å². The Hall–Kier alpha value is -1.22. The number of pyridine rings is 1. The molecule has 0 aliphatic carbocycles. The quantitative estimate of drug-likeness (QED) is 0.789. The molecule has 0 saturated heterocycles. The Kier molecular flexibility index (Phi) is 5.67. The highest BCUT2D eigenvalue weighted by atomic mass is 16.1. The number of carbonyl (C=O) groups excluding carboxylic acids is 1. The van der Waals surface area contributed by atoms with Crippen molar-refractivity contribution in [1.82, 2.24) is 9.88 Å². The van der Waals surface area contributed by atoms with Gasteiger partial charge in [0.1, 0.15) is 5.78 Å². The lowest BCUT2D eigenvalue weighted by Crippen LogP contribution is -2.29. The lowest BCUT2D eigenvalue weighted by Gasteiger charge is -2.22. The van der Waals surface area contributed by atoms with E-state index in [2.05, 4.69) is 16.8 Å². The first-order valence-corrected chi connectivity index (χ1v) is 7.01. The number of hydrogen-bond donors (Lipinski definition) is 0. The lowest BCUT2D eigenvalue weighted by molar-refractivity contribution is -0.126. The summed E-state index contributed by atoms with van der Waals surface area (Å²) in [5.74, 6) is 0.322. The Balaban J connectivity index is 2.53. The van der Waals surface area contributed by atoms with Crippen LogP contribution in [0.4, 0.5) is 0 Å². The van der Waals surface area contributed by atoms with E-state index in [-0.39, 0.29) is 5.41 Å². The zero-order valence-corrected chi connectivity index (χ0v) is 12.9. The van der Waals surface area contributed by atoms with Crippen LogP contribution in [0, 0.1) is 12.3 Å². The zero-order valence-electron chi connectivity index (χ0n) is 12.9. The monoisotopic (exact) mass is 262 g/mol. The molecular weight excluding hydrogens is 236 g/mol. The third-order valence-corrected chi connectivity index (χ3v) is 3.27. The molecule has 0 aromatic carbocycles. The van der Waals surface area contributed by atoms with Crippen molar-refractivity contribution in [2.75, 3.05) is 13.1 Å². The minimum absolute atomic E-state index is 0.235. The van der Waals surface area contributed by atoms with Gasteiger partial charge in [-0.3, -0.25) is 14.7 Å². The normalized spacial score (nSPS) is 11.9. The van der Waals surface area contributed by atoms with Gasteiger partial charge < -0.3 is 0 Å². The summed E-state index contributed by atoms with van der Waals surface area (Å²) >= 11 is 0. The molecule has 0 spiro atoms. The SMILES string of the molecule is CCN(CCC(=O)C(C)(C)C)Cc1cccc(C)n1. The molecule has 0 amide bonds. The summed E-state index contributed by atoms with van der Waals surface area (Å²) in [7, 11) is 0. The number of carbonyl (C=O) groups is 1. The highest BCUT2D eigenvalue weighted by molar-refractivity contribution is 5.83. The van der Waals surface area contributed by atoms with Crippen molar-refractivity contribution < 1.29 is 4.79 Å². The fourth-order valence-electron chi connectivity index (χ4n) is 1.90. The van der Waals surface area contributed by atoms with Crippen molar-refractivity contribution in [1.29, 1.82) is 0 Å². The first-order valence-electron chi connectivity index (χ1n) is 7.01. The van der Waals surface area contributed by atoms with Crippen LogP contribution in [0.1, 0.15) is 45.5 Å². The Morgan fingerprint density at radius 2 is 2.00 bits per heavy atom. The van der Waals surface area contributed by atoms with Gasteiger partial charge in [-0.05, 0) is 25.6 Å². The summed E-state index contributed by atoms with van der Waals surface area (Å²) in [5.41, 5.74) is 1.88. The number of aromatic nitrogens is 1. The molecule has 1 aromatic rings. The largest absolute Gasteiger partial charge is 0.299 e. The fourth-order valence-corrected chi connectivity index (χ4v) is 1.90. The summed E-state index contributed by atoms with van der Waals surface area (Å²) in [6, 6.07) is 6.08. The molecule has 3 heteroatoms. The minimum atomic E-state index is -0.235. The summed E-state index contributed by atoms with van der Waals surface area (Å²) < 4.78 is 0. The van der Waals surface area contributed by atoms with Crippen molar-refractivity contribution in [2.24, 2.45) is 5.41 Å². The van der Waals surface area contributed by atoms with Crippen molar-refractivity contribution in [3.8, 4) is 0 Å². The standard InChI is InChI=1S/C16H26N2O/c1-6-18(11-10-15(19)16(3,4)5)12-14-9-7-8-13(2)17-14/h7-9H,6,10-12H2,1-5H3. The molecule has 0 radical (unpaired) electrons. The van der Waals surface area contributed by atoms with Gasteiger partial charge in [-0.1, -0.05) is 33.8 Å². The van der Waals surface area contributed by atoms with Crippen LogP contribution in [-0.4, -0.2) is 28.8 Å². The maximum absolute atomic E-state index is 11.9. The fraction of sp³-hybridized carbons (Fsp3) is 0.625. The molecule has 1 aromatic heterocycles. The average molecular weight is 262 g/mol. The molecule has 0 unspecified atom stereocenters. The molecule has 19 heavy (non-hydrogen) atoms. The molecular formula is C16H26N2O. The first kappa shape index (κ1) is 15.8.